The number of anilines is 2. The number of carbonyl (C=O) groups excluding carboxylic acids is 1. The van der Waals surface area contributed by atoms with Crippen molar-refractivity contribution in [1.29, 1.82) is 0 Å². The fraction of sp³-hybridized carbons (Fsp3) is 0.364. The van der Waals surface area contributed by atoms with E-state index in [1.807, 2.05) is 32.0 Å². The predicted molar refractivity (Wildman–Crippen MR) is 62.5 cm³/mol. The topological polar surface area (TPSA) is 58.4 Å². The van der Waals surface area contributed by atoms with Crippen molar-refractivity contribution >= 4 is 17.8 Å². The number of aryl methyl sites for hydroxylation is 1. The van der Waals surface area contributed by atoms with Crippen LogP contribution in [0.15, 0.2) is 18.2 Å². The number of nitrogens with two attached hydrogens (primary N) is 1. The zero-order chi connectivity index (χ0) is 11.3. The van der Waals surface area contributed by atoms with Gasteiger partial charge in [0.2, 0.25) is 6.41 Å². The molecule has 4 heteroatoms. The maximum absolute atomic E-state index is 10.5. The molecule has 0 aliphatic heterocycles. The van der Waals surface area contributed by atoms with Crippen molar-refractivity contribution < 1.29 is 4.79 Å². The quantitative estimate of drug-likeness (QED) is 0.436. The van der Waals surface area contributed by atoms with E-state index in [-0.39, 0.29) is 0 Å². The van der Waals surface area contributed by atoms with Gasteiger partial charge in [-0.2, -0.15) is 0 Å². The summed E-state index contributed by atoms with van der Waals surface area (Å²) < 4.78 is 0. The standard InChI is InChI=1S/C11H17N3O/c1-3-14(8-15)7-13-10-4-5-11(12)9(2)6-10/h4-6,8,13H,3,7,12H2,1-2H3. The number of hydrogen-bond acceptors (Lipinski definition) is 3. The first-order chi connectivity index (χ1) is 7.17. The molecule has 4 nitrogen and oxygen atoms in total. The molecule has 82 valence electrons. The highest BCUT2D eigenvalue weighted by atomic mass is 16.1. The minimum absolute atomic E-state index is 0.517. The Kier molecular flexibility index (Phi) is 3.97. The molecule has 0 fully saturated rings. The summed E-state index contributed by atoms with van der Waals surface area (Å²) in [5.41, 5.74) is 8.49. The highest BCUT2D eigenvalue weighted by Gasteiger charge is 1.99. The maximum atomic E-state index is 10.5. The first-order valence-corrected chi connectivity index (χ1v) is 4.96. The Balaban J connectivity index is 2.57. The van der Waals surface area contributed by atoms with E-state index in [0.29, 0.717) is 13.2 Å². The van der Waals surface area contributed by atoms with Crippen LogP contribution in [0.3, 0.4) is 0 Å². The summed E-state index contributed by atoms with van der Waals surface area (Å²) in [4.78, 5) is 12.2. The Morgan fingerprint density at radius 1 is 1.53 bits per heavy atom. The van der Waals surface area contributed by atoms with Crippen molar-refractivity contribution in [3.8, 4) is 0 Å². The highest BCUT2D eigenvalue weighted by Crippen LogP contribution is 2.16. The number of amides is 1. The zero-order valence-electron chi connectivity index (χ0n) is 9.16. The lowest BCUT2D eigenvalue weighted by Gasteiger charge is -2.16. The van der Waals surface area contributed by atoms with Crippen molar-refractivity contribution in [1.82, 2.24) is 4.90 Å². The molecule has 3 N–H and O–H groups in total. The van der Waals surface area contributed by atoms with Crippen LogP contribution in [0.2, 0.25) is 0 Å². The molecule has 15 heavy (non-hydrogen) atoms. The fourth-order valence-corrected chi connectivity index (χ4v) is 1.20. The summed E-state index contributed by atoms with van der Waals surface area (Å²) in [6.07, 6.45) is 0.831. The Morgan fingerprint density at radius 2 is 2.27 bits per heavy atom. The zero-order valence-corrected chi connectivity index (χ0v) is 9.16. The lowest BCUT2D eigenvalue weighted by molar-refractivity contribution is -0.117. The van der Waals surface area contributed by atoms with Gasteiger partial charge in [0.1, 0.15) is 0 Å². The molecule has 0 spiro atoms. The predicted octanol–water partition coefficient (Wildman–Crippen LogP) is 1.42. The molecule has 0 radical (unpaired) electrons. The molecule has 0 aromatic heterocycles. The molecule has 0 unspecified atom stereocenters. The van der Waals surface area contributed by atoms with Gasteiger partial charge in [0.25, 0.3) is 0 Å². The molecule has 0 saturated heterocycles. The number of hydrogen-bond donors (Lipinski definition) is 2. The van der Waals surface area contributed by atoms with E-state index in [0.717, 1.165) is 23.3 Å². The van der Waals surface area contributed by atoms with E-state index in [4.69, 9.17) is 5.73 Å². The van der Waals surface area contributed by atoms with Crippen LogP contribution in [0.4, 0.5) is 11.4 Å². The number of nitrogens with zero attached hydrogens (tertiary/aromatic N) is 1. The minimum Gasteiger partial charge on any atom is -0.399 e. The van der Waals surface area contributed by atoms with Gasteiger partial charge in [0, 0.05) is 17.9 Å². The van der Waals surface area contributed by atoms with Crippen molar-refractivity contribution in [2.45, 2.75) is 13.8 Å². The molecule has 0 aliphatic rings. The highest BCUT2D eigenvalue weighted by molar-refractivity contribution is 5.57. The van der Waals surface area contributed by atoms with Gasteiger partial charge in [-0.3, -0.25) is 4.79 Å². The summed E-state index contributed by atoms with van der Waals surface area (Å²) in [6.45, 7) is 5.11. The van der Waals surface area contributed by atoms with Crippen LogP contribution >= 0.6 is 0 Å². The van der Waals surface area contributed by atoms with Crippen molar-refractivity contribution in [2.75, 3.05) is 24.3 Å². The molecule has 0 saturated carbocycles. The van der Waals surface area contributed by atoms with E-state index in [2.05, 4.69) is 5.32 Å². The van der Waals surface area contributed by atoms with Gasteiger partial charge >= 0.3 is 0 Å². The molecular formula is C11H17N3O. The van der Waals surface area contributed by atoms with Gasteiger partial charge < -0.3 is 16.0 Å². The minimum atomic E-state index is 0.517. The van der Waals surface area contributed by atoms with Gasteiger partial charge in [-0.15, -0.1) is 0 Å². The number of nitrogen functional groups attached to an aromatic ring is 1. The van der Waals surface area contributed by atoms with E-state index in [1.165, 1.54) is 0 Å². The van der Waals surface area contributed by atoms with Crippen molar-refractivity contribution in [3.05, 3.63) is 23.8 Å². The van der Waals surface area contributed by atoms with Gasteiger partial charge in [0.15, 0.2) is 0 Å². The van der Waals surface area contributed by atoms with Crippen LogP contribution in [0.25, 0.3) is 0 Å². The number of nitrogens with one attached hydrogen (secondary N) is 1. The normalized spacial score (nSPS) is 9.73. The Morgan fingerprint density at radius 3 is 2.80 bits per heavy atom. The molecule has 1 aromatic carbocycles. The third-order valence-electron chi connectivity index (χ3n) is 2.31. The molecule has 0 bridgehead atoms. The van der Waals surface area contributed by atoms with Crippen LogP contribution < -0.4 is 11.1 Å². The van der Waals surface area contributed by atoms with Crippen molar-refractivity contribution in [3.63, 3.8) is 0 Å². The van der Waals surface area contributed by atoms with E-state index < -0.39 is 0 Å². The van der Waals surface area contributed by atoms with Crippen LogP contribution in [-0.2, 0) is 4.79 Å². The molecule has 1 amide bonds. The summed E-state index contributed by atoms with van der Waals surface area (Å²) >= 11 is 0. The number of rotatable bonds is 5. The van der Waals surface area contributed by atoms with E-state index >= 15 is 0 Å². The summed E-state index contributed by atoms with van der Waals surface area (Å²) in [7, 11) is 0. The second-order valence-electron chi connectivity index (χ2n) is 3.42. The third kappa shape index (κ3) is 3.16. The SMILES string of the molecule is CCN(C=O)CNc1ccc(N)c(C)c1. The number of benzene rings is 1. The summed E-state index contributed by atoms with van der Waals surface area (Å²) in [6, 6.07) is 5.73. The average molecular weight is 207 g/mol. The molecule has 1 aromatic rings. The molecule has 0 atom stereocenters. The lowest BCUT2D eigenvalue weighted by Crippen LogP contribution is -2.27. The summed E-state index contributed by atoms with van der Waals surface area (Å²) in [5, 5.41) is 3.15. The second kappa shape index (κ2) is 5.24. The number of carbonyl (C=O) groups is 1. The fourth-order valence-electron chi connectivity index (χ4n) is 1.20. The largest absolute Gasteiger partial charge is 0.399 e. The van der Waals surface area contributed by atoms with Gasteiger partial charge in [-0.05, 0) is 37.6 Å². The van der Waals surface area contributed by atoms with Crippen LogP contribution in [-0.4, -0.2) is 24.5 Å². The lowest BCUT2D eigenvalue weighted by atomic mass is 10.2. The van der Waals surface area contributed by atoms with Gasteiger partial charge in [0.05, 0.1) is 6.67 Å². The van der Waals surface area contributed by atoms with Crippen molar-refractivity contribution in [2.24, 2.45) is 0 Å². The van der Waals surface area contributed by atoms with Gasteiger partial charge in [-0.1, -0.05) is 0 Å². The Labute approximate surface area is 90.1 Å². The molecule has 0 aliphatic carbocycles. The first kappa shape index (κ1) is 11.4. The third-order valence-corrected chi connectivity index (χ3v) is 2.31. The Bertz CT molecular complexity index is 339. The Hall–Kier alpha value is -1.71. The van der Waals surface area contributed by atoms with Crippen LogP contribution in [0.5, 0.6) is 0 Å². The summed E-state index contributed by atoms with van der Waals surface area (Å²) in [5.74, 6) is 0. The first-order valence-electron chi connectivity index (χ1n) is 4.96. The van der Waals surface area contributed by atoms with Crippen LogP contribution in [0.1, 0.15) is 12.5 Å². The van der Waals surface area contributed by atoms with E-state index in [1.54, 1.807) is 4.90 Å². The molecule has 1 rings (SSSR count). The average Bonchev–Trinajstić information content (AvgIpc) is 2.24. The monoisotopic (exact) mass is 207 g/mol. The van der Waals surface area contributed by atoms with E-state index in [9.17, 15) is 4.79 Å². The second-order valence-corrected chi connectivity index (χ2v) is 3.42. The van der Waals surface area contributed by atoms with Crippen LogP contribution in [0, 0.1) is 6.92 Å². The molecular weight excluding hydrogens is 190 g/mol. The smallest absolute Gasteiger partial charge is 0.211 e. The molecule has 0 heterocycles. The van der Waals surface area contributed by atoms with Gasteiger partial charge in [-0.25, -0.2) is 0 Å². The maximum Gasteiger partial charge on any atom is 0.211 e.